The fourth-order valence-corrected chi connectivity index (χ4v) is 5.71. The Kier molecular flexibility index (Phi) is 8.89. The van der Waals surface area contributed by atoms with Gasteiger partial charge >= 0.3 is 5.97 Å². The third-order valence-corrected chi connectivity index (χ3v) is 7.45. The first kappa shape index (κ1) is 27.9. The van der Waals surface area contributed by atoms with Crippen LogP contribution in [0.3, 0.4) is 0 Å². The standard InChI is InChI=1S/C29H31BrN2O5S/c1-6-35-21-11-9-20(10-12-21)26-25(28(34)36-7-2)18(5)31-29-32(26)27(33)24(38-29)15-19-8-13-23(22(30)14-19)37-16-17(3)4/h8-15,17,26H,6-7,16H2,1-5H3/b24-15-/t26-/m0/s1. The van der Waals surface area contributed by atoms with Crippen LogP contribution in [0.4, 0.5) is 0 Å². The van der Waals surface area contributed by atoms with Crippen LogP contribution in [-0.4, -0.2) is 30.4 Å². The average Bonchev–Trinajstić information content (AvgIpc) is 3.17. The largest absolute Gasteiger partial charge is 0.494 e. The van der Waals surface area contributed by atoms with E-state index in [1.165, 1.54) is 11.3 Å². The Morgan fingerprint density at radius 3 is 2.50 bits per heavy atom. The van der Waals surface area contributed by atoms with Crippen LogP contribution < -0.4 is 24.4 Å². The molecule has 0 saturated carbocycles. The fraction of sp³-hybridized carbons (Fsp3) is 0.345. The van der Waals surface area contributed by atoms with Crippen LogP contribution in [0.2, 0.25) is 0 Å². The van der Waals surface area contributed by atoms with Crippen LogP contribution in [0.5, 0.6) is 11.5 Å². The SMILES string of the molecule is CCOC(=O)C1=C(C)N=c2s/c(=C\c3ccc(OCC(C)C)c(Br)c3)c(=O)n2[C@H]1c1ccc(OCC)cc1. The average molecular weight is 600 g/mol. The van der Waals surface area contributed by atoms with Crippen LogP contribution in [0, 0.1) is 5.92 Å². The molecule has 7 nitrogen and oxygen atoms in total. The van der Waals surface area contributed by atoms with Crippen molar-refractivity contribution in [3.63, 3.8) is 0 Å². The number of esters is 1. The van der Waals surface area contributed by atoms with E-state index in [2.05, 4.69) is 34.8 Å². The summed E-state index contributed by atoms with van der Waals surface area (Å²) in [5, 5.41) is 0. The van der Waals surface area contributed by atoms with Gasteiger partial charge in [0.05, 0.1) is 46.1 Å². The van der Waals surface area contributed by atoms with Crippen molar-refractivity contribution in [2.75, 3.05) is 19.8 Å². The zero-order valence-electron chi connectivity index (χ0n) is 22.1. The zero-order chi connectivity index (χ0) is 27.4. The predicted molar refractivity (Wildman–Crippen MR) is 152 cm³/mol. The molecule has 1 aliphatic rings. The third-order valence-electron chi connectivity index (χ3n) is 5.85. The molecule has 0 radical (unpaired) electrons. The van der Waals surface area contributed by atoms with E-state index < -0.39 is 12.0 Å². The molecule has 4 rings (SSSR count). The second kappa shape index (κ2) is 12.1. The summed E-state index contributed by atoms with van der Waals surface area (Å²) in [5.74, 6) is 1.40. The summed E-state index contributed by atoms with van der Waals surface area (Å²) in [6.07, 6.45) is 1.83. The summed E-state index contributed by atoms with van der Waals surface area (Å²) >= 11 is 4.87. The Balaban J connectivity index is 1.81. The van der Waals surface area contributed by atoms with Gasteiger partial charge in [-0.25, -0.2) is 9.79 Å². The van der Waals surface area contributed by atoms with Gasteiger partial charge in [-0.1, -0.05) is 43.4 Å². The maximum Gasteiger partial charge on any atom is 0.338 e. The third kappa shape index (κ3) is 5.94. The molecule has 1 aromatic heterocycles. The van der Waals surface area contributed by atoms with Crippen molar-refractivity contribution in [3.8, 4) is 11.5 Å². The van der Waals surface area contributed by atoms with Gasteiger partial charge in [0.2, 0.25) is 0 Å². The fourth-order valence-electron chi connectivity index (χ4n) is 4.15. The van der Waals surface area contributed by atoms with Gasteiger partial charge in [-0.3, -0.25) is 9.36 Å². The Bertz CT molecular complexity index is 1540. The summed E-state index contributed by atoms with van der Waals surface area (Å²) < 4.78 is 19.7. The molecule has 1 aliphatic heterocycles. The molecule has 3 aromatic rings. The lowest BCUT2D eigenvalue weighted by Gasteiger charge is -2.24. The van der Waals surface area contributed by atoms with Crippen LogP contribution in [0.15, 0.2) is 68.0 Å². The predicted octanol–water partition coefficient (Wildman–Crippen LogP) is 4.99. The number of hydrogen-bond acceptors (Lipinski definition) is 7. The Morgan fingerprint density at radius 1 is 1.13 bits per heavy atom. The normalized spacial score (nSPS) is 15.3. The number of thiazole rings is 1. The van der Waals surface area contributed by atoms with Gasteiger partial charge in [-0.05, 0) is 84.1 Å². The molecule has 0 fully saturated rings. The highest BCUT2D eigenvalue weighted by Crippen LogP contribution is 2.32. The van der Waals surface area contributed by atoms with Crippen LogP contribution in [0.25, 0.3) is 6.08 Å². The molecule has 38 heavy (non-hydrogen) atoms. The zero-order valence-corrected chi connectivity index (χ0v) is 24.5. The van der Waals surface area contributed by atoms with E-state index in [0.29, 0.717) is 45.5 Å². The van der Waals surface area contributed by atoms with E-state index in [-0.39, 0.29) is 12.2 Å². The Hall–Kier alpha value is -3.17. The number of ether oxygens (including phenoxy) is 3. The molecular formula is C29H31BrN2O5S. The molecule has 0 bridgehead atoms. The highest BCUT2D eigenvalue weighted by Gasteiger charge is 2.33. The monoisotopic (exact) mass is 598 g/mol. The van der Waals surface area contributed by atoms with Gasteiger partial charge in [0.25, 0.3) is 5.56 Å². The highest BCUT2D eigenvalue weighted by molar-refractivity contribution is 9.10. The minimum atomic E-state index is -0.665. The number of carbonyl (C=O) groups excluding carboxylic acids is 1. The van der Waals surface area contributed by atoms with Crippen molar-refractivity contribution >= 4 is 39.3 Å². The summed E-state index contributed by atoms with van der Waals surface area (Å²) in [6, 6.07) is 12.5. The molecule has 0 spiro atoms. The van der Waals surface area contributed by atoms with Gasteiger partial charge in [0.15, 0.2) is 4.80 Å². The molecule has 0 unspecified atom stereocenters. The van der Waals surface area contributed by atoms with Gasteiger partial charge in [-0.15, -0.1) is 0 Å². The van der Waals surface area contributed by atoms with Gasteiger partial charge in [0.1, 0.15) is 11.5 Å². The quantitative estimate of drug-likeness (QED) is 0.324. The van der Waals surface area contributed by atoms with Crippen molar-refractivity contribution in [2.45, 2.75) is 40.7 Å². The molecule has 0 amide bonds. The molecular weight excluding hydrogens is 568 g/mol. The number of rotatable bonds is 9. The minimum absolute atomic E-state index is 0.224. The number of halogens is 1. The second-order valence-electron chi connectivity index (χ2n) is 9.20. The molecule has 9 heteroatoms. The molecule has 200 valence electrons. The first-order valence-electron chi connectivity index (χ1n) is 12.6. The van der Waals surface area contributed by atoms with E-state index >= 15 is 0 Å². The van der Waals surface area contributed by atoms with E-state index in [1.54, 1.807) is 18.4 Å². The molecule has 2 aromatic carbocycles. The van der Waals surface area contributed by atoms with Crippen molar-refractivity contribution < 1.29 is 19.0 Å². The van der Waals surface area contributed by atoms with Crippen molar-refractivity contribution in [1.82, 2.24) is 4.57 Å². The van der Waals surface area contributed by atoms with Crippen molar-refractivity contribution in [3.05, 3.63) is 89.0 Å². The first-order valence-corrected chi connectivity index (χ1v) is 14.2. The lowest BCUT2D eigenvalue weighted by Crippen LogP contribution is -2.39. The molecule has 1 atom stereocenters. The lowest BCUT2D eigenvalue weighted by atomic mass is 9.96. The minimum Gasteiger partial charge on any atom is -0.494 e. The van der Waals surface area contributed by atoms with E-state index in [0.717, 1.165) is 21.3 Å². The molecule has 0 N–H and O–H groups in total. The Labute approximate surface area is 234 Å². The van der Waals surface area contributed by atoms with Gasteiger partial charge in [0, 0.05) is 0 Å². The van der Waals surface area contributed by atoms with E-state index in [1.807, 2.05) is 55.5 Å². The maximum absolute atomic E-state index is 13.8. The van der Waals surface area contributed by atoms with Crippen LogP contribution in [0.1, 0.15) is 51.8 Å². The lowest BCUT2D eigenvalue weighted by molar-refractivity contribution is -0.139. The highest BCUT2D eigenvalue weighted by atomic mass is 79.9. The number of hydrogen-bond donors (Lipinski definition) is 0. The summed E-state index contributed by atoms with van der Waals surface area (Å²) in [6.45, 7) is 11.0. The molecule has 2 heterocycles. The maximum atomic E-state index is 13.8. The Morgan fingerprint density at radius 2 is 1.87 bits per heavy atom. The number of aromatic nitrogens is 1. The topological polar surface area (TPSA) is 79.1 Å². The number of allylic oxidation sites excluding steroid dienone is 1. The number of benzene rings is 2. The van der Waals surface area contributed by atoms with Crippen LogP contribution in [-0.2, 0) is 9.53 Å². The summed E-state index contributed by atoms with van der Waals surface area (Å²) in [5.41, 5.74) is 2.28. The number of nitrogens with zero attached hydrogens (tertiary/aromatic N) is 2. The molecule has 0 aliphatic carbocycles. The van der Waals surface area contributed by atoms with Gasteiger partial charge < -0.3 is 14.2 Å². The first-order chi connectivity index (χ1) is 18.2. The van der Waals surface area contributed by atoms with Crippen LogP contribution >= 0.6 is 27.3 Å². The van der Waals surface area contributed by atoms with E-state index in [9.17, 15) is 9.59 Å². The summed E-state index contributed by atoms with van der Waals surface area (Å²) in [4.78, 5) is 32.0. The summed E-state index contributed by atoms with van der Waals surface area (Å²) in [7, 11) is 0. The van der Waals surface area contributed by atoms with Gasteiger partial charge in [-0.2, -0.15) is 0 Å². The number of fused-ring (bicyclic) bond motifs is 1. The number of carbonyl (C=O) groups is 1. The smallest absolute Gasteiger partial charge is 0.338 e. The second-order valence-corrected chi connectivity index (χ2v) is 11.1. The van der Waals surface area contributed by atoms with Crippen molar-refractivity contribution in [2.24, 2.45) is 10.9 Å². The van der Waals surface area contributed by atoms with E-state index in [4.69, 9.17) is 14.2 Å². The van der Waals surface area contributed by atoms with Crippen molar-refractivity contribution in [1.29, 1.82) is 0 Å². The molecule has 0 saturated heterocycles.